The second kappa shape index (κ2) is 10.0. The van der Waals surface area contributed by atoms with E-state index < -0.39 is 0 Å². The van der Waals surface area contributed by atoms with Crippen LogP contribution in [-0.2, 0) is 19.4 Å². The van der Waals surface area contributed by atoms with E-state index in [1.54, 1.807) is 13.2 Å². The van der Waals surface area contributed by atoms with Crippen molar-refractivity contribution in [1.29, 1.82) is 0 Å². The van der Waals surface area contributed by atoms with E-state index in [0.717, 1.165) is 35.6 Å². The van der Waals surface area contributed by atoms with Gasteiger partial charge in [-0.05, 0) is 59.0 Å². The quantitative estimate of drug-likeness (QED) is 0.309. The highest BCUT2D eigenvalue weighted by molar-refractivity contribution is 5.55. The summed E-state index contributed by atoms with van der Waals surface area (Å²) in [6.07, 6.45) is 1.54. The Hall–Kier alpha value is -3.79. The van der Waals surface area contributed by atoms with Gasteiger partial charge in [-0.3, -0.25) is 0 Å². The third-order valence-corrected chi connectivity index (χ3v) is 6.49. The molecule has 172 valence electrons. The third-order valence-electron chi connectivity index (χ3n) is 6.49. The third kappa shape index (κ3) is 4.62. The fourth-order valence-corrected chi connectivity index (χ4v) is 4.77. The van der Waals surface area contributed by atoms with Gasteiger partial charge in [-0.15, -0.1) is 0 Å². The van der Waals surface area contributed by atoms with E-state index >= 15 is 0 Å². The minimum atomic E-state index is -0.196. The highest BCUT2D eigenvalue weighted by Gasteiger charge is 2.30. The summed E-state index contributed by atoms with van der Waals surface area (Å²) in [5.41, 5.74) is 5.32. The number of hydrogen-bond acceptors (Lipinski definition) is 3. The van der Waals surface area contributed by atoms with Crippen molar-refractivity contribution in [2.45, 2.75) is 25.5 Å². The van der Waals surface area contributed by atoms with Crippen molar-refractivity contribution >= 4 is 5.69 Å². The number of ether oxygens (including phenoxy) is 2. The summed E-state index contributed by atoms with van der Waals surface area (Å²) in [4.78, 5) is 2.19. The summed E-state index contributed by atoms with van der Waals surface area (Å²) in [6, 6.07) is 31.6. The molecule has 34 heavy (non-hydrogen) atoms. The lowest BCUT2D eigenvalue weighted by atomic mass is 9.87. The molecule has 0 spiro atoms. The van der Waals surface area contributed by atoms with Crippen molar-refractivity contribution in [1.82, 2.24) is 0 Å². The van der Waals surface area contributed by atoms with Crippen molar-refractivity contribution in [3.63, 3.8) is 0 Å². The molecular formula is C30H28FNO2. The smallest absolute Gasteiger partial charge is 0.146 e. The first-order valence-electron chi connectivity index (χ1n) is 11.7. The Morgan fingerprint density at radius 2 is 1.65 bits per heavy atom. The molecule has 0 bridgehead atoms. The van der Waals surface area contributed by atoms with Gasteiger partial charge >= 0.3 is 0 Å². The number of benzene rings is 4. The van der Waals surface area contributed by atoms with Crippen LogP contribution in [0.5, 0.6) is 11.5 Å². The first-order valence-corrected chi connectivity index (χ1v) is 11.7. The lowest BCUT2D eigenvalue weighted by Gasteiger charge is -2.39. The van der Waals surface area contributed by atoms with E-state index in [4.69, 9.17) is 9.47 Å². The van der Waals surface area contributed by atoms with Gasteiger partial charge in [0, 0.05) is 13.0 Å². The lowest BCUT2D eigenvalue weighted by Crippen LogP contribution is -2.37. The van der Waals surface area contributed by atoms with Gasteiger partial charge in [0.1, 0.15) is 23.9 Å². The number of methoxy groups -OCH3 is 1. The average Bonchev–Trinajstić information content (AvgIpc) is 2.89. The van der Waals surface area contributed by atoms with Gasteiger partial charge in [0.2, 0.25) is 0 Å². The Labute approximate surface area is 200 Å². The van der Waals surface area contributed by atoms with E-state index in [9.17, 15) is 4.39 Å². The molecule has 0 N–H and O–H groups in total. The maximum atomic E-state index is 14.9. The molecular weight excluding hydrogens is 425 g/mol. The number of halogens is 1. The minimum Gasteiger partial charge on any atom is -0.497 e. The van der Waals surface area contributed by atoms with E-state index in [2.05, 4.69) is 35.2 Å². The summed E-state index contributed by atoms with van der Waals surface area (Å²) in [5.74, 6) is 1.52. The fraction of sp³-hybridized carbons (Fsp3) is 0.200. The van der Waals surface area contributed by atoms with Gasteiger partial charge in [0.15, 0.2) is 0 Å². The van der Waals surface area contributed by atoms with Gasteiger partial charge in [-0.2, -0.15) is 0 Å². The summed E-state index contributed by atoms with van der Waals surface area (Å²) in [5, 5.41) is 0. The van der Waals surface area contributed by atoms with Crippen LogP contribution in [0.4, 0.5) is 10.1 Å². The molecule has 0 fully saturated rings. The molecule has 1 unspecified atom stereocenters. The molecule has 4 aromatic carbocycles. The highest BCUT2D eigenvalue weighted by Crippen LogP contribution is 2.39. The van der Waals surface area contributed by atoms with E-state index in [1.165, 1.54) is 17.2 Å². The molecule has 1 aliphatic rings. The fourth-order valence-electron chi connectivity index (χ4n) is 4.77. The lowest BCUT2D eigenvalue weighted by molar-refractivity contribution is 0.302. The Balaban J connectivity index is 1.49. The first kappa shape index (κ1) is 22.0. The van der Waals surface area contributed by atoms with Crippen molar-refractivity contribution in [2.75, 3.05) is 18.6 Å². The second-order valence-electron chi connectivity index (χ2n) is 8.56. The zero-order valence-corrected chi connectivity index (χ0v) is 19.3. The van der Waals surface area contributed by atoms with Crippen molar-refractivity contribution in [2.24, 2.45) is 0 Å². The van der Waals surface area contributed by atoms with Gasteiger partial charge < -0.3 is 14.4 Å². The predicted molar refractivity (Wildman–Crippen MR) is 134 cm³/mol. The van der Waals surface area contributed by atoms with E-state index in [0.29, 0.717) is 18.7 Å². The van der Waals surface area contributed by atoms with Crippen LogP contribution in [0, 0.1) is 5.82 Å². The first-order chi connectivity index (χ1) is 16.7. The second-order valence-corrected chi connectivity index (χ2v) is 8.56. The van der Waals surface area contributed by atoms with Crippen LogP contribution < -0.4 is 14.4 Å². The number of rotatable bonds is 7. The molecule has 0 saturated carbocycles. The van der Waals surface area contributed by atoms with Gasteiger partial charge in [-0.25, -0.2) is 4.39 Å². The zero-order chi connectivity index (χ0) is 23.3. The Morgan fingerprint density at radius 1 is 0.882 bits per heavy atom. The topological polar surface area (TPSA) is 21.7 Å². The van der Waals surface area contributed by atoms with Crippen LogP contribution in [0.3, 0.4) is 0 Å². The van der Waals surface area contributed by atoms with Crippen molar-refractivity contribution in [3.05, 3.63) is 125 Å². The number of fused-ring (bicyclic) bond motifs is 1. The number of nitrogens with zero attached hydrogens (tertiary/aromatic N) is 1. The number of anilines is 1. The zero-order valence-electron chi connectivity index (χ0n) is 19.3. The highest BCUT2D eigenvalue weighted by atomic mass is 19.1. The largest absolute Gasteiger partial charge is 0.497 e. The van der Waals surface area contributed by atoms with Gasteiger partial charge in [-0.1, -0.05) is 66.7 Å². The van der Waals surface area contributed by atoms with E-state index in [-0.39, 0.29) is 11.9 Å². The van der Waals surface area contributed by atoms with Gasteiger partial charge in [0.05, 0.1) is 18.8 Å². The minimum absolute atomic E-state index is 0.0203. The van der Waals surface area contributed by atoms with Crippen LogP contribution in [0.15, 0.2) is 97.1 Å². The summed E-state index contributed by atoms with van der Waals surface area (Å²) in [6.45, 7) is 1.24. The molecule has 4 aromatic rings. The molecule has 4 heteroatoms. The standard InChI is InChI=1S/C30H28FNO2/c1-33-25-15-16-26-23(19-25)17-18-32(28-13-7-6-12-27(28)31)29(26)20-24-11-5-8-14-30(24)34-21-22-9-3-2-4-10-22/h2-16,19,29H,17-18,20-21H2,1H3. The molecule has 3 nitrogen and oxygen atoms in total. The van der Waals surface area contributed by atoms with Gasteiger partial charge in [0.25, 0.3) is 0 Å². The molecule has 0 aromatic heterocycles. The Bertz CT molecular complexity index is 1260. The monoisotopic (exact) mass is 453 g/mol. The van der Waals surface area contributed by atoms with Crippen LogP contribution >= 0.6 is 0 Å². The molecule has 5 rings (SSSR count). The molecule has 0 amide bonds. The molecule has 0 radical (unpaired) electrons. The Kier molecular flexibility index (Phi) is 6.48. The maximum Gasteiger partial charge on any atom is 0.146 e. The van der Waals surface area contributed by atoms with Crippen LogP contribution in [0.1, 0.15) is 28.3 Å². The molecule has 1 aliphatic heterocycles. The molecule has 1 atom stereocenters. The van der Waals surface area contributed by atoms with Crippen LogP contribution in [-0.4, -0.2) is 13.7 Å². The molecule has 0 saturated heterocycles. The number of hydrogen-bond donors (Lipinski definition) is 0. The SMILES string of the molecule is COc1ccc2c(c1)CCN(c1ccccc1F)C2Cc1ccccc1OCc1ccccc1. The summed E-state index contributed by atoms with van der Waals surface area (Å²) in [7, 11) is 1.69. The van der Waals surface area contributed by atoms with Crippen molar-refractivity contribution in [3.8, 4) is 11.5 Å². The summed E-state index contributed by atoms with van der Waals surface area (Å²) < 4.78 is 26.6. The van der Waals surface area contributed by atoms with Crippen LogP contribution in [0.2, 0.25) is 0 Å². The predicted octanol–water partition coefficient (Wildman–Crippen LogP) is 6.76. The molecule has 0 aliphatic carbocycles. The van der Waals surface area contributed by atoms with Crippen molar-refractivity contribution < 1.29 is 13.9 Å². The van der Waals surface area contributed by atoms with Crippen LogP contribution in [0.25, 0.3) is 0 Å². The normalized spacial score (nSPS) is 15.0. The Morgan fingerprint density at radius 3 is 2.47 bits per heavy atom. The molecule has 1 heterocycles. The summed E-state index contributed by atoms with van der Waals surface area (Å²) >= 11 is 0. The number of para-hydroxylation sites is 2. The maximum absolute atomic E-state index is 14.9. The average molecular weight is 454 g/mol. The van der Waals surface area contributed by atoms with E-state index in [1.807, 2.05) is 54.6 Å².